The van der Waals surface area contributed by atoms with E-state index >= 15 is 0 Å². The number of nitrogens with zero attached hydrogens (tertiary/aromatic N) is 3. The predicted octanol–water partition coefficient (Wildman–Crippen LogP) is 5.89. The summed E-state index contributed by atoms with van der Waals surface area (Å²) in [6.45, 7) is 9.08. The number of benzene rings is 2. The summed E-state index contributed by atoms with van der Waals surface area (Å²) in [6.07, 6.45) is -3.74. The molecule has 4 rings (SSSR count). The van der Waals surface area contributed by atoms with Gasteiger partial charge in [-0.2, -0.15) is 18.3 Å². The molecular weight excluding hydrogens is 467 g/mol. The summed E-state index contributed by atoms with van der Waals surface area (Å²) >= 11 is 0. The maximum Gasteiger partial charge on any atom is 0.449 e. The Morgan fingerprint density at radius 1 is 1.08 bits per heavy atom. The van der Waals surface area contributed by atoms with Gasteiger partial charge in [0.15, 0.2) is 0 Å². The van der Waals surface area contributed by atoms with Crippen LogP contribution in [0.3, 0.4) is 0 Å². The monoisotopic (exact) mass is 497 g/mol. The number of aryl methyl sites for hydroxylation is 1. The van der Waals surface area contributed by atoms with E-state index in [1.165, 1.54) is 6.07 Å². The fourth-order valence-electron chi connectivity index (χ4n) is 4.44. The molecule has 2 aromatic heterocycles. The van der Waals surface area contributed by atoms with E-state index in [4.69, 9.17) is 0 Å². The highest BCUT2D eigenvalue weighted by Gasteiger charge is 2.34. The van der Waals surface area contributed by atoms with Crippen LogP contribution in [-0.2, 0) is 23.9 Å². The van der Waals surface area contributed by atoms with E-state index in [0.717, 1.165) is 29.1 Å². The number of amides is 1. The Labute approximate surface area is 207 Å². The van der Waals surface area contributed by atoms with Crippen molar-refractivity contribution >= 4 is 16.9 Å². The second-order valence-corrected chi connectivity index (χ2v) is 9.50. The SMILES string of the molecule is Cc1nn(CC(C)C)c(C)c1CCC(=O)NC(c1ccccc1)c1ccc2nc(C(F)(F)F)[nH]c2c1. The topological polar surface area (TPSA) is 75.6 Å². The van der Waals surface area contributed by atoms with Crippen LogP contribution in [0.4, 0.5) is 13.2 Å². The largest absolute Gasteiger partial charge is 0.449 e. The molecule has 0 aliphatic heterocycles. The van der Waals surface area contributed by atoms with Crippen molar-refractivity contribution in [2.24, 2.45) is 5.92 Å². The zero-order valence-corrected chi connectivity index (χ0v) is 20.8. The lowest BCUT2D eigenvalue weighted by atomic mass is 9.97. The van der Waals surface area contributed by atoms with Crippen molar-refractivity contribution in [3.05, 3.63) is 82.4 Å². The maximum absolute atomic E-state index is 13.1. The first-order chi connectivity index (χ1) is 17.0. The molecule has 190 valence electrons. The Morgan fingerprint density at radius 2 is 1.81 bits per heavy atom. The third-order valence-corrected chi connectivity index (χ3v) is 6.22. The highest BCUT2D eigenvalue weighted by atomic mass is 19.4. The molecule has 2 aromatic carbocycles. The number of H-pyrrole nitrogens is 1. The van der Waals surface area contributed by atoms with Crippen molar-refractivity contribution in [1.29, 1.82) is 0 Å². The first-order valence-corrected chi connectivity index (χ1v) is 12.0. The molecule has 0 spiro atoms. The zero-order valence-electron chi connectivity index (χ0n) is 20.8. The molecule has 1 amide bonds. The number of alkyl halides is 3. The van der Waals surface area contributed by atoms with E-state index in [1.807, 2.05) is 48.9 Å². The van der Waals surface area contributed by atoms with Crippen LogP contribution < -0.4 is 5.32 Å². The van der Waals surface area contributed by atoms with Crippen LogP contribution in [0.2, 0.25) is 0 Å². The number of fused-ring (bicyclic) bond motifs is 1. The molecule has 2 N–H and O–H groups in total. The van der Waals surface area contributed by atoms with Gasteiger partial charge in [0.1, 0.15) is 0 Å². The lowest BCUT2D eigenvalue weighted by molar-refractivity contribution is -0.144. The van der Waals surface area contributed by atoms with Gasteiger partial charge in [0.2, 0.25) is 11.7 Å². The van der Waals surface area contributed by atoms with Gasteiger partial charge in [0, 0.05) is 18.7 Å². The minimum atomic E-state index is -4.56. The summed E-state index contributed by atoms with van der Waals surface area (Å²) in [6, 6.07) is 13.7. The third kappa shape index (κ3) is 5.61. The lowest BCUT2D eigenvalue weighted by Crippen LogP contribution is -2.29. The number of hydrogen-bond acceptors (Lipinski definition) is 3. The summed E-state index contributed by atoms with van der Waals surface area (Å²) in [5, 5.41) is 7.70. The predicted molar refractivity (Wildman–Crippen MR) is 132 cm³/mol. The minimum Gasteiger partial charge on any atom is -0.345 e. The highest BCUT2D eigenvalue weighted by Crippen LogP contribution is 2.30. The van der Waals surface area contributed by atoms with Crippen molar-refractivity contribution in [2.45, 2.75) is 59.3 Å². The molecule has 36 heavy (non-hydrogen) atoms. The smallest absolute Gasteiger partial charge is 0.345 e. The Balaban J connectivity index is 1.56. The molecule has 0 aliphatic carbocycles. The van der Waals surface area contributed by atoms with Crippen LogP contribution in [0.5, 0.6) is 0 Å². The molecule has 0 radical (unpaired) electrons. The summed E-state index contributed by atoms with van der Waals surface area (Å²) in [7, 11) is 0. The fraction of sp³-hybridized carbons (Fsp3) is 0.370. The number of carbonyl (C=O) groups is 1. The number of hydrogen-bond donors (Lipinski definition) is 2. The number of nitrogens with one attached hydrogen (secondary N) is 2. The van der Waals surface area contributed by atoms with Crippen molar-refractivity contribution in [1.82, 2.24) is 25.1 Å². The van der Waals surface area contributed by atoms with Gasteiger partial charge in [-0.3, -0.25) is 9.48 Å². The van der Waals surface area contributed by atoms with E-state index < -0.39 is 18.0 Å². The number of carbonyl (C=O) groups excluding carboxylic acids is 1. The highest BCUT2D eigenvalue weighted by molar-refractivity contribution is 5.79. The van der Waals surface area contributed by atoms with E-state index in [0.29, 0.717) is 17.9 Å². The van der Waals surface area contributed by atoms with Crippen molar-refractivity contribution in [3.63, 3.8) is 0 Å². The number of halogens is 3. The van der Waals surface area contributed by atoms with Gasteiger partial charge in [-0.1, -0.05) is 50.2 Å². The molecular formula is C27H30F3N5O. The molecule has 6 nitrogen and oxygen atoms in total. The second-order valence-electron chi connectivity index (χ2n) is 9.50. The normalized spacial score (nSPS) is 12.9. The Morgan fingerprint density at radius 3 is 2.47 bits per heavy atom. The fourth-order valence-corrected chi connectivity index (χ4v) is 4.44. The molecule has 0 aliphatic rings. The third-order valence-electron chi connectivity index (χ3n) is 6.22. The summed E-state index contributed by atoms with van der Waals surface area (Å²) in [4.78, 5) is 19.1. The van der Waals surface area contributed by atoms with Gasteiger partial charge < -0.3 is 10.3 Å². The van der Waals surface area contributed by atoms with Gasteiger partial charge in [-0.05, 0) is 55.0 Å². The Bertz CT molecular complexity index is 1360. The second kappa shape index (κ2) is 10.2. The van der Waals surface area contributed by atoms with Crippen LogP contribution in [0.1, 0.15) is 60.2 Å². The van der Waals surface area contributed by atoms with Gasteiger partial charge in [0.05, 0.1) is 22.8 Å². The van der Waals surface area contributed by atoms with Gasteiger partial charge >= 0.3 is 6.18 Å². The number of aromatic amines is 1. The van der Waals surface area contributed by atoms with Crippen molar-refractivity contribution in [3.8, 4) is 0 Å². The van der Waals surface area contributed by atoms with Crippen LogP contribution >= 0.6 is 0 Å². The van der Waals surface area contributed by atoms with Gasteiger partial charge in [-0.25, -0.2) is 4.98 Å². The van der Waals surface area contributed by atoms with Crippen LogP contribution in [0.15, 0.2) is 48.5 Å². The molecule has 0 fully saturated rings. The van der Waals surface area contributed by atoms with Crippen LogP contribution in [-0.4, -0.2) is 25.7 Å². The summed E-state index contributed by atoms with van der Waals surface area (Å²) < 4.78 is 41.3. The molecule has 0 saturated carbocycles. The Hall–Kier alpha value is -3.62. The van der Waals surface area contributed by atoms with Crippen molar-refractivity contribution in [2.75, 3.05) is 0 Å². The lowest BCUT2D eigenvalue weighted by Gasteiger charge is -2.20. The summed E-state index contributed by atoms with van der Waals surface area (Å²) in [5.41, 5.74) is 5.03. The summed E-state index contributed by atoms with van der Waals surface area (Å²) in [5.74, 6) is -0.733. The molecule has 0 saturated heterocycles. The first-order valence-electron chi connectivity index (χ1n) is 12.0. The first kappa shape index (κ1) is 25.5. The molecule has 1 atom stereocenters. The average Bonchev–Trinajstić information content (AvgIpc) is 3.37. The van der Waals surface area contributed by atoms with E-state index in [9.17, 15) is 18.0 Å². The molecule has 1 unspecified atom stereocenters. The van der Waals surface area contributed by atoms with E-state index in [-0.39, 0.29) is 23.4 Å². The zero-order chi connectivity index (χ0) is 26.0. The Kier molecular flexibility index (Phi) is 7.19. The van der Waals surface area contributed by atoms with E-state index in [1.54, 1.807) is 12.1 Å². The number of aromatic nitrogens is 4. The molecule has 0 bridgehead atoms. The minimum absolute atomic E-state index is 0.153. The van der Waals surface area contributed by atoms with Crippen molar-refractivity contribution < 1.29 is 18.0 Å². The van der Waals surface area contributed by atoms with Gasteiger partial charge in [0.25, 0.3) is 0 Å². The maximum atomic E-state index is 13.1. The number of rotatable bonds is 8. The quantitative estimate of drug-likeness (QED) is 0.319. The average molecular weight is 498 g/mol. The standard InChI is InChI=1S/C27H30F3N5O/c1-16(2)15-35-18(4)21(17(3)34-35)11-13-24(36)33-25(19-8-6-5-7-9-19)20-10-12-22-23(14-20)32-26(31-22)27(28,29)30/h5-10,12,14,16,25H,11,13,15H2,1-4H3,(H,31,32)(H,33,36). The molecule has 2 heterocycles. The van der Waals surface area contributed by atoms with Gasteiger partial charge in [-0.15, -0.1) is 0 Å². The molecule has 4 aromatic rings. The number of imidazole rings is 1. The molecule has 9 heteroatoms. The van der Waals surface area contributed by atoms with Crippen LogP contribution in [0, 0.1) is 19.8 Å². The van der Waals surface area contributed by atoms with Crippen LogP contribution in [0.25, 0.3) is 11.0 Å². The van der Waals surface area contributed by atoms with E-state index in [2.05, 4.69) is 34.2 Å².